The first-order chi connectivity index (χ1) is 8.35. The molecule has 17 heavy (non-hydrogen) atoms. The van der Waals surface area contributed by atoms with Gasteiger partial charge in [0.2, 0.25) is 0 Å². The highest BCUT2D eigenvalue weighted by atomic mass is 15.2. The van der Waals surface area contributed by atoms with E-state index in [1.165, 1.54) is 0 Å². The van der Waals surface area contributed by atoms with E-state index in [9.17, 15) is 0 Å². The summed E-state index contributed by atoms with van der Waals surface area (Å²) < 4.78 is 0. The molecule has 0 aliphatic carbocycles. The number of aromatic nitrogens is 3. The lowest BCUT2D eigenvalue weighted by Crippen LogP contribution is -2.24. The summed E-state index contributed by atoms with van der Waals surface area (Å²) in [6.45, 7) is 6.35. The molecule has 0 spiro atoms. The van der Waals surface area contributed by atoms with E-state index in [2.05, 4.69) is 39.8 Å². The van der Waals surface area contributed by atoms with Gasteiger partial charge in [-0.1, -0.05) is 6.92 Å². The number of rotatable bonds is 5. The molecule has 1 N–H and O–H groups in total. The van der Waals surface area contributed by atoms with Crippen LogP contribution in [0.2, 0.25) is 0 Å². The van der Waals surface area contributed by atoms with E-state index in [1.807, 2.05) is 18.5 Å². The fourth-order valence-electron chi connectivity index (χ4n) is 1.88. The van der Waals surface area contributed by atoms with Gasteiger partial charge < -0.3 is 9.88 Å². The molecule has 0 aromatic carbocycles. The molecule has 0 radical (unpaired) electrons. The van der Waals surface area contributed by atoms with E-state index in [1.54, 1.807) is 6.33 Å². The predicted octanol–water partition coefficient (Wildman–Crippen LogP) is 2.71. The third-order valence-electron chi connectivity index (χ3n) is 2.75. The zero-order valence-corrected chi connectivity index (χ0v) is 10.3. The zero-order valence-electron chi connectivity index (χ0n) is 10.3. The lowest BCUT2D eigenvalue weighted by atomic mass is 10.2. The number of H-pyrrole nitrogens is 1. The molecule has 4 nitrogen and oxygen atoms in total. The van der Waals surface area contributed by atoms with Crippen molar-refractivity contribution in [3.63, 3.8) is 0 Å². The Bertz CT molecular complexity index is 450. The molecule has 0 unspecified atom stereocenters. The molecule has 0 fully saturated rings. The fourth-order valence-corrected chi connectivity index (χ4v) is 1.88. The van der Waals surface area contributed by atoms with Crippen molar-refractivity contribution in [3.8, 4) is 11.3 Å². The second-order valence-corrected chi connectivity index (χ2v) is 3.95. The number of aromatic amines is 1. The summed E-state index contributed by atoms with van der Waals surface area (Å²) in [4.78, 5) is 13.9. The molecular weight excluding hydrogens is 212 g/mol. The van der Waals surface area contributed by atoms with Crippen LogP contribution in [0.1, 0.15) is 20.3 Å². The first kappa shape index (κ1) is 11.6. The molecule has 90 valence electrons. The molecule has 0 atom stereocenters. The largest absolute Gasteiger partial charge is 0.357 e. The van der Waals surface area contributed by atoms with Gasteiger partial charge in [-0.15, -0.1) is 0 Å². The minimum absolute atomic E-state index is 0.979. The van der Waals surface area contributed by atoms with Crippen molar-refractivity contribution in [2.45, 2.75) is 20.3 Å². The van der Waals surface area contributed by atoms with Crippen LogP contribution in [0.25, 0.3) is 11.3 Å². The van der Waals surface area contributed by atoms with Crippen LogP contribution in [0.5, 0.6) is 0 Å². The van der Waals surface area contributed by atoms with Crippen molar-refractivity contribution in [2.24, 2.45) is 0 Å². The highest BCUT2D eigenvalue weighted by molar-refractivity contribution is 5.62. The Labute approximate surface area is 102 Å². The Kier molecular flexibility index (Phi) is 3.75. The van der Waals surface area contributed by atoms with Crippen LogP contribution >= 0.6 is 0 Å². The summed E-state index contributed by atoms with van der Waals surface area (Å²) in [6, 6.07) is 4.10. The molecule has 2 aromatic rings. The summed E-state index contributed by atoms with van der Waals surface area (Å²) in [5.41, 5.74) is 2.16. The SMILES string of the molecule is CCCN(CC)c1cc(-c2cnc[nH]2)ccn1. The van der Waals surface area contributed by atoms with Crippen LogP contribution in [-0.4, -0.2) is 28.0 Å². The number of anilines is 1. The van der Waals surface area contributed by atoms with Crippen molar-refractivity contribution in [2.75, 3.05) is 18.0 Å². The van der Waals surface area contributed by atoms with Gasteiger partial charge in [-0.2, -0.15) is 0 Å². The maximum absolute atomic E-state index is 4.43. The minimum Gasteiger partial charge on any atom is -0.357 e. The number of nitrogens with zero attached hydrogens (tertiary/aromatic N) is 3. The van der Waals surface area contributed by atoms with Crippen LogP contribution in [-0.2, 0) is 0 Å². The molecule has 2 aromatic heterocycles. The maximum Gasteiger partial charge on any atom is 0.129 e. The average molecular weight is 230 g/mol. The lowest BCUT2D eigenvalue weighted by molar-refractivity contribution is 0.779. The Morgan fingerprint density at radius 1 is 1.35 bits per heavy atom. The standard InChI is InChI=1S/C13H18N4/c1-3-7-17(4-2)13-8-11(5-6-15-13)12-9-14-10-16-12/h5-6,8-10H,3-4,7H2,1-2H3,(H,14,16). The van der Waals surface area contributed by atoms with E-state index < -0.39 is 0 Å². The Balaban J connectivity index is 2.27. The van der Waals surface area contributed by atoms with Crippen molar-refractivity contribution in [1.29, 1.82) is 0 Å². The molecule has 0 amide bonds. The summed E-state index contributed by atoms with van der Waals surface area (Å²) in [5, 5.41) is 0. The molecule has 0 aliphatic rings. The number of hydrogen-bond acceptors (Lipinski definition) is 3. The number of pyridine rings is 1. The molecule has 4 heteroatoms. The first-order valence-corrected chi connectivity index (χ1v) is 6.05. The summed E-state index contributed by atoms with van der Waals surface area (Å²) in [6.07, 6.45) is 6.50. The zero-order chi connectivity index (χ0) is 12.1. The monoisotopic (exact) mass is 230 g/mol. The quantitative estimate of drug-likeness (QED) is 0.859. The van der Waals surface area contributed by atoms with Gasteiger partial charge in [0.05, 0.1) is 18.2 Å². The van der Waals surface area contributed by atoms with E-state index >= 15 is 0 Å². The van der Waals surface area contributed by atoms with Crippen molar-refractivity contribution in [1.82, 2.24) is 15.0 Å². The third-order valence-corrected chi connectivity index (χ3v) is 2.75. The molecular formula is C13H18N4. The Morgan fingerprint density at radius 3 is 2.88 bits per heavy atom. The van der Waals surface area contributed by atoms with Gasteiger partial charge in [0.25, 0.3) is 0 Å². The van der Waals surface area contributed by atoms with Gasteiger partial charge in [-0.25, -0.2) is 9.97 Å². The van der Waals surface area contributed by atoms with Gasteiger partial charge in [-0.3, -0.25) is 0 Å². The molecule has 0 aliphatic heterocycles. The highest BCUT2D eigenvalue weighted by Gasteiger charge is 2.06. The average Bonchev–Trinajstić information content (AvgIpc) is 2.90. The highest BCUT2D eigenvalue weighted by Crippen LogP contribution is 2.20. The van der Waals surface area contributed by atoms with E-state index in [-0.39, 0.29) is 0 Å². The van der Waals surface area contributed by atoms with Gasteiger partial charge in [0.15, 0.2) is 0 Å². The van der Waals surface area contributed by atoms with Crippen molar-refractivity contribution >= 4 is 5.82 Å². The fraction of sp³-hybridized carbons (Fsp3) is 0.385. The van der Waals surface area contributed by atoms with Gasteiger partial charge in [0, 0.05) is 24.8 Å². The van der Waals surface area contributed by atoms with E-state index in [0.717, 1.165) is 36.6 Å². The van der Waals surface area contributed by atoms with Crippen molar-refractivity contribution in [3.05, 3.63) is 30.9 Å². The molecule has 0 saturated heterocycles. The van der Waals surface area contributed by atoms with Gasteiger partial charge in [-0.05, 0) is 25.5 Å². The van der Waals surface area contributed by atoms with Crippen molar-refractivity contribution < 1.29 is 0 Å². The van der Waals surface area contributed by atoms with Gasteiger partial charge in [0.1, 0.15) is 5.82 Å². The van der Waals surface area contributed by atoms with Crippen LogP contribution in [0.15, 0.2) is 30.9 Å². The molecule has 2 rings (SSSR count). The number of nitrogens with one attached hydrogen (secondary N) is 1. The summed E-state index contributed by atoms with van der Waals surface area (Å²) in [5.74, 6) is 1.03. The smallest absolute Gasteiger partial charge is 0.129 e. The summed E-state index contributed by atoms with van der Waals surface area (Å²) in [7, 11) is 0. The maximum atomic E-state index is 4.43. The predicted molar refractivity (Wildman–Crippen MR) is 70.0 cm³/mol. The number of imidazole rings is 1. The Morgan fingerprint density at radius 2 is 2.24 bits per heavy atom. The normalized spacial score (nSPS) is 10.5. The first-order valence-electron chi connectivity index (χ1n) is 6.05. The summed E-state index contributed by atoms with van der Waals surface area (Å²) >= 11 is 0. The minimum atomic E-state index is 0.979. The molecule has 0 saturated carbocycles. The van der Waals surface area contributed by atoms with Gasteiger partial charge >= 0.3 is 0 Å². The van der Waals surface area contributed by atoms with E-state index in [4.69, 9.17) is 0 Å². The second-order valence-electron chi connectivity index (χ2n) is 3.95. The van der Waals surface area contributed by atoms with Crippen LogP contribution in [0, 0.1) is 0 Å². The topological polar surface area (TPSA) is 44.8 Å². The van der Waals surface area contributed by atoms with Crippen LogP contribution in [0.4, 0.5) is 5.82 Å². The second kappa shape index (κ2) is 5.48. The van der Waals surface area contributed by atoms with E-state index in [0.29, 0.717) is 0 Å². The van der Waals surface area contributed by atoms with Crippen LogP contribution in [0.3, 0.4) is 0 Å². The number of hydrogen-bond donors (Lipinski definition) is 1. The molecule has 2 heterocycles. The molecule has 0 bridgehead atoms. The van der Waals surface area contributed by atoms with Crippen LogP contribution < -0.4 is 4.90 Å². The third kappa shape index (κ3) is 2.64. The lowest BCUT2D eigenvalue weighted by Gasteiger charge is -2.21. The Hall–Kier alpha value is -1.84.